The van der Waals surface area contributed by atoms with Gasteiger partial charge in [0.2, 0.25) is 0 Å². The summed E-state index contributed by atoms with van der Waals surface area (Å²) in [6.45, 7) is 11.5. The van der Waals surface area contributed by atoms with Crippen LogP contribution < -0.4 is 20.5 Å². The molecule has 1 N–H and O–H groups in total. The van der Waals surface area contributed by atoms with Gasteiger partial charge in [0.15, 0.2) is 0 Å². The van der Waals surface area contributed by atoms with Gasteiger partial charge in [-0.15, -0.1) is 0 Å². The normalized spacial score (nSPS) is 16.3. The van der Waals surface area contributed by atoms with Crippen molar-refractivity contribution in [3.63, 3.8) is 0 Å². The van der Waals surface area contributed by atoms with Gasteiger partial charge in [0.25, 0.3) is 11.5 Å². The number of methoxy groups -OCH3 is 1. The van der Waals surface area contributed by atoms with Crippen molar-refractivity contribution in [3.8, 4) is 11.4 Å². The van der Waals surface area contributed by atoms with Crippen molar-refractivity contribution in [1.29, 1.82) is 0 Å². The highest BCUT2D eigenvalue weighted by atomic mass is 16.5. The Morgan fingerprint density at radius 3 is 2.19 bits per heavy atom. The van der Waals surface area contributed by atoms with Crippen LogP contribution in [0.3, 0.4) is 0 Å². The fourth-order valence-electron chi connectivity index (χ4n) is 6.52. The molecular weight excluding hydrogens is 588 g/mol. The number of ether oxygens (including phenoxy) is 1. The van der Waals surface area contributed by atoms with Gasteiger partial charge in [-0.2, -0.15) is 9.78 Å². The van der Waals surface area contributed by atoms with E-state index < -0.39 is 0 Å². The molecule has 0 unspecified atom stereocenters. The van der Waals surface area contributed by atoms with Crippen molar-refractivity contribution in [2.45, 2.75) is 51.6 Å². The molecule has 9 nitrogen and oxygen atoms in total. The number of nitrogens with one attached hydrogen (secondary N) is 1. The maximum Gasteiger partial charge on any atom is 0.296 e. The fraction of sp³-hybridized carbons (Fsp3) is 0.395. The minimum absolute atomic E-state index is 0.0363. The summed E-state index contributed by atoms with van der Waals surface area (Å²) in [6, 6.07) is 26.2. The summed E-state index contributed by atoms with van der Waals surface area (Å²) in [7, 11) is 1.60. The first-order valence-corrected chi connectivity index (χ1v) is 16.6. The molecule has 1 amide bonds. The van der Waals surface area contributed by atoms with Crippen molar-refractivity contribution in [1.82, 2.24) is 19.6 Å². The van der Waals surface area contributed by atoms with Crippen LogP contribution in [0.25, 0.3) is 5.69 Å². The molecule has 0 atom stereocenters. The molecule has 0 bridgehead atoms. The smallest absolute Gasteiger partial charge is 0.296 e. The lowest BCUT2D eigenvalue weighted by Crippen LogP contribution is -2.49. The summed E-state index contributed by atoms with van der Waals surface area (Å²) in [5, 5.41) is 8.28. The van der Waals surface area contributed by atoms with Gasteiger partial charge in [0.05, 0.1) is 30.2 Å². The number of nitrogens with zero attached hydrogens (tertiary/aromatic N) is 5. The molecule has 0 aliphatic carbocycles. The summed E-state index contributed by atoms with van der Waals surface area (Å²) in [5.74, 6) is 0.547. The molecule has 0 radical (unpaired) electrons. The quantitative estimate of drug-likeness (QED) is 0.271. The van der Waals surface area contributed by atoms with Crippen molar-refractivity contribution in [3.05, 3.63) is 112 Å². The Labute approximate surface area is 277 Å². The van der Waals surface area contributed by atoms with Crippen LogP contribution in [-0.4, -0.2) is 77.9 Å². The summed E-state index contributed by atoms with van der Waals surface area (Å²) >= 11 is 0. The average Bonchev–Trinajstić information content (AvgIpc) is 3.10. The Kier molecular flexibility index (Phi) is 9.63. The van der Waals surface area contributed by atoms with Crippen LogP contribution in [0.5, 0.6) is 5.75 Å². The van der Waals surface area contributed by atoms with E-state index in [2.05, 4.69) is 71.3 Å². The molecule has 2 fully saturated rings. The van der Waals surface area contributed by atoms with Gasteiger partial charge in [-0.3, -0.25) is 14.5 Å². The lowest BCUT2D eigenvalue weighted by atomic mass is 9.86. The summed E-state index contributed by atoms with van der Waals surface area (Å²) < 4.78 is 7.06. The fourth-order valence-corrected chi connectivity index (χ4v) is 6.52. The van der Waals surface area contributed by atoms with Crippen LogP contribution in [0, 0.1) is 0 Å². The second-order valence-corrected chi connectivity index (χ2v) is 13.6. The van der Waals surface area contributed by atoms with Gasteiger partial charge < -0.3 is 19.9 Å². The first kappa shape index (κ1) is 32.3. The average molecular weight is 635 g/mol. The number of benzene rings is 3. The maximum atomic E-state index is 14.1. The zero-order chi connectivity index (χ0) is 33.0. The number of amides is 1. The number of rotatable bonds is 8. The van der Waals surface area contributed by atoms with Crippen molar-refractivity contribution in [2.75, 3.05) is 56.6 Å². The molecule has 0 spiro atoms. The van der Waals surface area contributed by atoms with Crippen molar-refractivity contribution >= 4 is 17.3 Å². The molecule has 4 aromatic rings. The summed E-state index contributed by atoms with van der Waals surface area (Å²) in [5.41, 5.74) is 4.83. The van der Waals surface area contributed by atoms with E-state index in [9.17, 15) is 9.59 Å². The third-order valence-corrected chi connectivity index (χ3v) is 9.35. The number of hydrogen-bond donors (Lipinski definition) is 1. The number of aromatic nitrogens is 2. The lowest BCUT2D eigenvalue weighted by molar-refractivity contribution is 0.0743. The van der Waals surface area contributed by atoms with Crippen molar-refractivity contribution in [2.24, 2.45) is 0 Å². The molecule has 2 saturated heterocycles. The minimum atomic E-state index is -0.164. The van der Waals surface area contributed by atoms with E-state index >= 15 is 0 Å². The number of hydrogen-bond acceptors (Lipinski definition) is 7. The van der Waals surface area contributed by atoms with E-state index in [4.69, 9.17) is 4.74 Å². The lowest BCUT2D eigenvalue weighted by Gasteiger charge is -2.38. The van der Waals surface area contributed by atoms with Gasteiger partial charge in [0.1, 0.15) is 11.4 Å². The molecule has 3 aromatic carbocycles. The van der Waals surface area contributed by atoms with Crippen molar-refractivity contribution < 1.29 is 9.53 Å². The van der Waals surface area contributed by atoms with E-state index in [1.807, 2.05) is 53.4 Å². The third kappa shape index (κ3) is 7.36. The number of likely N-dealkylation sites (tertiary alicyclic amines) is 1. The molecule has 3 heterocycles. The Hall–Kier alpha value is -4.63. The molecule has 0 saturated carbocycles. The number of carbonyl (C=O) groups is 1. The van der Waals surface area contributed by atoms with Gasteiger partial charge in [-0.1, -0.05) is 75.4 Å². The standard InChI is InChI=1S/C38H46N6O3/c1-38(2,3)29-15-16-34(47-4)32(25-29)36(45)43-23-21-42(22-24-43)33-26-39-44(31-13-9-6-10-14-31)37(46)35(33)40-30-17-19-41(20-18-30)27-28-11-7-5-8-12-28/h5-16,25-26,30,40H,17-24,27H2,1-4H3. The Morgan fingerprint density at radius 1 is 0.894 bits per heavy atom. The SMILES string of the molecule is COc1ccc(C(C)(C)C)cc1C(=O)N1CCN(c2cnn(-c3ccccc3)c(=O)c2NC2CCN(Cc3ccccc3)CC2)CC1. The van der Waals surface area contributed by atoms with Gasteiger partial charge >= 0.3 is 0 Å². The second-order valence-electron chi connectivity index (χ2n) is 13.6. The topological polar surface area (TPSA) is 82.9 Å². The molecule has 2 aliphatic rings. The predicted molar refractivity (Wildman–Crippen MR) is 188 cm³/mol. The number of anilines is 2. The van der Waals surface area contributed by atoms with Crippen LogP contribution in [0.1, 0.15) is 55.1 Å². The molecule has 47 heavy (non-hydrogen) atoms. The highest BCUT2D eigenvalue weighted by Crippen LogP contribution is 2.30. The highest BCUT2D eigenvalue weighted by Gasteiger charge is 2.29. The van der Waals surface area contributed by atoms with Gasteiger partial charge in [0, 0.05) is 51.9 Å². The van der Waals surface area contributed by atoms with Gasteiger partial charge in [-0.05, 0) is 53.6 Å². The first-order valence-electron chi connectivity index (χ1n) is 16.6. The zero-order valence-corrected chi connectivity index (χ0v) is 28.0. The molecule has 6 rings (SSSR count). The van der Waals surface area contributed by atoms with Gasteiger partial charge in [-0.25, -0.2) is 0 Å². The number of carbonyl (C=O) groups excluding carboxylic acids is 1. The monoisotopic (exact) mass is 634 g/mol. The molecule has 246 valence electrons. The van der Waals surface area contributed by atoms with E-state index in [0.29, 0.717) is 43.2 Å². The van der Waals surface area contributed by atoms with Crippen LogP contribution in [-0.2, 0) is 12.0 Å². The Bertz CT molecular complexity index is 1720. The van der Waals surface area contributed by atoms with E-state index in [-0.39, 0.29) is 22.9 Å². The summed E-state index contributed by atoms with van der Waals surface area (Å²) in [6.07, 6.45) is 3.68. The Morgan fingerprint density at radius 2 is 1.55 bits per heavy atom. The highest BCUT2D eigenvalue weighted by molar-refractivity contribution is 5.97. The Balaban J connectivity index is 1.20. The number of para-hydroxylation sites is 1. The van der Waals surface area contributed by atoms with Crippen LogP contribution in [0.15, 0.2) is 89.9 Å². The number of piperidine rings is 1. The summed E-state index contributed by atoms with van der Waals surface area (Å²) in [4.78, 5) is 34.4. The maximum absolute atomic E-state index is 14.1. The minimum Gasteiger partial charge on any atom is -0.496 e. The predicted octanol–water partition coefficient (Wildman–Crippen LogP) is 5.58. The van der Waals surface area contributed by atoms with Crippen LogP contribution in [0.2, 0.25) is 0 Å². The third-order valence-electron chi connectivity index (χ3n) is 9.35. The van der Waals surface area contributed by atoms with Crippen LogP contribution in [0.4, 0.5) is 11.4 Å². The van der Waals surface area contributed by atoms with E-state index in [1.54, 1.807) is 13.3 Å². The zero-order valence-electron chi connectivity index (χ0n) is 28.0. The van der Waals surface area contributed by atoms with E-state index in [0.717, 1.165) is 49.4 Å². The molecule has 9 heteroatoms. The largest absolute Gasteiger partial charge is 0.496 e. The van der Waals surface area contributed by atoms with E-state index in [1.165, 1.54) is 10.2 Å². The first-order chi connectivity index (χ1) is 22.7. The number of piperazine rings is 1. The molecular formula is C38H46N6O3. The molecule has 1 aromatic heterocycles. The second kappa shape index (κ2) is 14.0. The molecule has 2 aliphatic heterocycles. The van der Waals surface area contributed by atoms with Crippen LogP contribution >= 0.6 is 0 Å².